The second kappa shape index (κ2) is 11.8. The van der Waals surface area contributed by atoms with E-state index in [2.05, 4.69) is 21.2 Å². The summed E-state index contributed by atoms with van der Waals surface area (Å²) in [7, 11) is 1.48. The van der Waals surface area contributed by atoms with Gasteiger partial charge in [0, 0.05) is 5.69 Å². The highest BCUT2D eigenvalue weighted by Gasteiger charge is 2.36. The van der Waals surface area contributed by atoms with Crippen LogP contribution >= 0.6 is 39.3 Å². The maximum absolute atomic E-state index is 13.1. The smallest absolute Gasteiger partial charge is 0.294 e. The molecule has 3 aromatic rings. The molecule has 1 saturated heterocycles. The van der Waals surface area contributed by atoms with E-state index in [1.165, 1.54) is 25.3 Å². The number of nitrogens with zero attached hydrogens (tertiary/aromatic N) is 1. The molecular weight excluding hydrogens is 587 g/mol. The van der Waals surface area contributed by atoms with E-state index in [1.54, 1.807) is 48.5 Å². The molecule has 1 aliphatic rings. The quantitative estimate of drug-likeness (QED) is 0.295. The SMILES string of the molecule is COc1ccc(NC(=O)CN2C(=O)S/C(=C\c3ccc(OCc4ccc(F)cc4)c(Br)c3)C2=O)cc1Cl. The zero-order valence-corrected chi connectivity index (χ0v) is 22.5. The van der Waals surface area contributed by atoms with Gasteiger partial charge in [-0.15, -0.1) is 0 Å². The normalized spacial score (nSPS) is 14.3. The molecule has 0 atom stereocenters. The summed E-state index contributed by atoms with van der Waals surface area (Å²) in [5.74, 6) is -0.415. The van der Waals surface area contributed by atoms with Crippen LogP contribution in [0.15, 0.2) is 70.0 Å². The maximum atomic E-state index is 13.1. The summed E-state index contributed by atoms with van der Waals surface area (Å²) in [5, 5.41) is 2.38. The van der Waals surface area contributed by atoms with E-state index in [0.29, 0.717) is 32.2 Å². The van der Waals surface area contributed by atoms with E-state index in [4.69, 9.17) is 21.1 Å². The molecule has 0 bridgehead atoms. The van der Waals surface area contributed by atoms with Crippen LogP contribution < -0.4 is 14.8 Å². The average Bonchev–Trinajstić information content (AvgIpc) is 3.12. The molecule has 0 spiro atoms. The minimum Gasteiger partial charge on any atom is -0.495 e. The average molecular weight is 606 g/mol. The van der Waals surface area contributed by atoms with Crippen molar-refractivity contribution in [2.24, 2.45) is 0 Å². The Kier molecular flexibility index (Phi) is 8.52. The predicted octanol–water partition coefficient (Wildman–Crippen LogP) is 6.50. The first-order valence-electron chi connectivity index (χ1n) is 10.8. The van der Waals surface area contributed by atoms with Crippen LogP contribution in [-0.2, 0) is 16.2 Å². The van der Waals surface area contributed by atoms with Crippen LogP contribution in [0.3, 0.4) is 0 Å². The second-order valence-electron chi connectivity index (χ2n) is 7.77. The lowest BCUT2D eigenvalue weighted by Gasteiger charge is -2.13. The maximum Gasteiger partial charge on any atom is 0.294 e. The lowest BCUT2D eigenvalue weighted by molar-refractivity contribution is -0.127. The third-order valence-electron chi connectivity index (χ3n) is 5.17. The van der Waals surface area contributed by atoms with E-state index in [-0.39, 0.29) is 17.3 Å². The van der Waals surface area contributed by atoms with Gasteiger partial charge in [-0.25, -0.2) is 4.39 Å². The first-order chi connectivity index (χ1) is 17.7. The molecule has 1 N–H and O–H groups in total. The molecule has 0 saturated carbocycles. The summed E-state index contributed by atoms with van der Waals surface area (Å²) in [6, 6.07) is 15.9. The van der Waals surface area contributed by atoms with Gasteiger partial charge in [0.2, 0.25) is 5.91 Å². The first-order valence-corrected chi connectivity index (χ1v) is 12.8. The molecule has 0 radical (unpaired) electrons. The van der Waals surface area contributed by atoms with Crippen molar-refractivity contribution in [3.05, 3.63) is 92.0 Å². The van der Waals surface area contributed by atoms with Crippen molar-refractivity contribution in [3.63, 3.8) is 0 Å². The largest absolute Gasteiger partial charge is 0.495 e. The molecule has 4 rings (SSSR count). The third-order valence-corrected chi connectivity index (χ3v) is 6.99. The molecule has 0 aliphatic carbocycles. The van der Waals surface area contributed by atoms with Crippen molar-refractivity contribution in [2.75, 3.05) is 19.0 Å². The summed E-state index contributed by atoms with van der Waals surface area (Å²) in [6.07, 6.45) is 1.57. The van der Waals surface area contributed by atoms with Crippen molar-refractivity contribution < 1.29 is 28.2 Å². The van der Waals surface area contributed by atoms with Gasteiger partial charge in [-0.3, -0.25) is 19.3 Å². The molecule has 190 valence electrons. The van der Waals surface area contributed by atoms with Crippen LogP contribution in [0.2, 0.25) is 5.02 Å². The molecule has 1 heterocycles. The second-order valence-corrected chi connectivity index (χ2v) is 10.0. The zero-order valence-electron chi connectivity index (χ0n) is 19.3. The molecule has 11 heteroatoms. The Morgan fingerprint density at radius 1 is 1.11 bits per heavy atom. The molecule has 37 heavy (non-hydrogen) atoms. The number of thioether (sulfide) groups is 1. The van der Waals surface area contributed by atoms with Crippen molar-refractivity contribution in [1.29, 1.82) is 0 Å². The Morgan fingerprint density at radius 3 is 2.51 bits per heavy atom. The molecule has 0 unspecified atom stereocenters. The van der Waals surface area contributed by atoms with Crippen molar-refractivity contribution in [2.45, 2.75) is 6.61 Å². The van der Waals surface area contributed by atoms with Crippen LogP contribution in [0.5, 0.6) is 11.5 Å². The summed E-state index contributed by atoms with van der Waals surface area (Å²) in [5.41, 5.74) is 1.87. The molecule has 0 aromatic heterocycles. The van der Waals surface area contributed by atoms with Gasteiger partial charge in [-0.05, 0) is 87.4 Å². The first kappa shape index (κ1) is 26.7. The fourth-order valence-electron chi connectivity index (χ4n) is 3.34. The van der Waals surface area contributed by atoms with E-state index in [9.17, 15) is 18.8 Å². The summed E-state index contributed by atoms with van der Waals surface area (Å²) < 4.78 is 24.5. The number of hydrogen-bond donors (Lipinski definition) is 1. The Balaban J connectivity index is 1.38. The number of anilines is 1. The highest BCUT2D eigenvalue weighted by Crippen LogP contribution is 2.34. The monoisotopic (exact) mass is 604 g/mol. The number of hydrogen-bond acceptors (Lipinski definition) is 6. The highest BCUT2D eigenvalue weighted by molar-refractivity contribution is 9.10. The predicted molar refractivity (Wildman–Crippen MR) is 144 cm³/mol. The third kappa shape index (κ3) is 6.71. The molecular formula is C26H19BrClFN2O5S. The topological polar surface area (TPSA) is 84.9 Å². The Hall–Kier alpha value is -3.34. The Bertz CT molecular complexity index is 1400. The van der Waals surface area contributed by atoms with Crippen molar-refractivity contribution >= 4 is 68.1 Å². The number of ether oxygens (including phenoxy) is 2. The minimum absolute atomic E-state index is 0.192. The van der Waals surface area contributed by atoms with Gasteiger partial charge in [-0.1, -0.05) is 29.8 Å². The van der Waals surface area contributed by atoms with Gasteiger partial charge >= 0.3 is 0 Å². The van der Waals surface area contributed by atoms with E-state index < -0.39 is 23.6 Å². The molecule has 3 aromatic carbocycles. The lowest BCUT2D eigenvalue weighted by Crippen LogP contribution is -2.36. The molecule has 7 nitrogen and oxygen atoms in total. The Labute approximate surface area is 229 Å². The number of rotatable bonds is 8. The van der Waals surface area contributed by atoms with Crippen LogP contribution in [0.4, 0.5) is 14.9 Å². The number of methoxy groups -OCH3 is 1. The van der Waals surface area contributed by atoms with Crippen molar-refractivity contribution in [1.82, 2.24) is 4.90 Å². The minimum atomic E-state index is -0.564. The van der Waals surface area contributed by atoms with Gasteiger partial charge < -0.3 is 14.8 Å². The van der Waals surface area contributed by atoms with Gasteiger partial charge in [0.25, 0.3) is 11.1 Å². The number of amides is 3. The van der Waals surface area contributed by atoms with E-state index in [1.807, 2.05) is 0 Å². The van der Waals surface area contributed by atoms with Crippen LogP contribution in [0.1, 0.15) is 11.1 Å². The van der Waals surface area contributed by atoms with Gasteiger partial charge in [0.1, 0.15) is 30.5 Å². The molecule has 1 fully saturated rings. The zero-order chi connectivity index (χ0) is 26.5. The van der Waals surface area contributed by atoms with Crippen molar-refractivity contribution in [3.8, 4) is 11.5 Å². The highest BCUT2D eigenvalue weighted by atomic mass is 79.9. The van der Waals surface area contributed by atoms with Crippen LogP contribution in [-0.4, -0.2) is 35.6 Å². The number of carbonyl (C=O) groups excluding carboxylic acids is 3. The standard InChI is InChI=1S/C26H19BrClFN2O5S/c1-35-22-9-7-18(12-20(22)28)30-24(32)13-31-25(33)23(37-26(31)34)11-16-4-8-21(19(27)10-16)36-14-15-2-5-17(29)6-3-15/h2-12H,13-14H2,1H3,(H,30,32)/b23-11-. The number of halogens is 3. The molecule has 1 aliphatic heterocycles. The van der Waals surface area contributed by atoms with E-state index >= 15 is 0 Å². The molecule has 3 amide bonds. The number of nitrogens with one attached hydrogen (secondary N) is 1. The number of imide groups is 1. The number of benzene rings is 3. The van der Waals surface area contributed by atoms with Crippen LogP contribution in [0.25, 0.3) is 6.08 Å². The number of carbonyl (C=O) groups is 3. The summed E-state index contributed by atoms with van der Waals surface area (Å²) >= 11 is 10.3. The summed E-state index contributed by atoms with van der Waals surface area (Å²) in [4.78, 5) is 38.8. The van der Waals surface area contributed by atoms with Gasteiger partial charge in [-0.2, -0.15) is 0 Å². The fraction of sp³-hybridized carbons (Fsp3) is 0.115. The lowest BCUT2D eigenvalue weighted by atomic mass is 10.2. The van der Waals surface area contributed by atoms with E-state index in [0.717, 1.165) is 22.2 Å². The summed E-state index contributed by atoms with van der Waals surface area (Å²) in [6.45, 7) is -0.187. The van der Waals surface area contributed by atoms with Crippen LogP contribution in [0, 0.1) is 5.82 Å². The fourth-order valence-corrected chi connectivity index (χ4v) is 4.95. The van der Waals surface area contributed by atoms with Gasteiger partial charge in [0.05, 0.1) is 21.5 Å². The van der Waals surface area contributed by atoms with Gasteiger partial charge in [0.15, 0.2) is 0 Å². The Morgan fingerprint density at radius 2 is 1.84 bits per heavy atom.